The van der Waals surface area contributed by atoms with E-state index in [4.69, 9.17) is 18.9 Å². The SMILES string of the molecule is CC1C(OC(=O)C(O)C(NC(=O)OC(C)(C)C)c2ccccc2)CC2(O)C(OC(=O)c3ccccc3)C3C4(C)COC4CC(O)C3(C)C(=O)C(=O)C1C2(C)C. The fraction of sp³-hybridized carbons (Fsp3) is 0.595. The minimum absolute atomic E-state index is 0.0575. The van der Waals surface area contributed by atoms with Crippen LogP contribution in [0.5, 0.6) is 0 Å². The second-order valence-electron chi connectivity index (χ2n) is 17.8. The zero-order valence-electron chi connectivity index (χ0n) is 32.6. The smallest absolute Gasteiger partial charge is 0.408 e. The Morgan fingerprint density at radius 1 is 0.945 bits per heavy atom. The summed E-state index contributed by atoms with van der Waals surface area (Å²) in [6.07, 6.45) is -7.94. The summed E-state index contributed by atoms with van der Waals surface area (Å²) in [4.78, 5) is 70.3. The molecule has 4 N–H and O–H groups in total. The van der Waals surface area contributed by atoms with Crippen molar-refractivity contribution in [2.24, 2.45) is 34.0 Å². The van der Waals surface area contributed by atoms with Crippen LogP contribution in [0.15, 0.2) is 60.7 Å². The summed E-state index contributed by atoms with van der Waals surface area (Å²) in [5.41, 5.74) is -6.67. The van der Waals surface area contributed by atoms with Crippen LogP contribution in [-0.4, -0.2) is 93.2 Å². The molecule has 1 amide bonds. The van der Waals surface area contributed by atoms with Crippen molar-refractivity contribution < 1.29 is 58.2 Å². The van der Waals surface area contributed by atoms with Gasteiger partial charge in [-0.1, -0.05) is 76.2 Å². The molecule has 1 saturated heterocycles. The largest absolute Gasteiger partial charge is 0.460 e. The zero-order valence-corrected chi connectivity index (χ0v) is 32.6. The Hall–Kier alpha value is -4.17. The summed E-state index contributed by atoms with van der Waals surface area (Å²) in [6, 6.07) is 15.1. The normalized spacial score (nSPS) is 36.3. The topological polar surface area (TPSA) is 195 Å². The second kappa shape index (κ2) is 14.1. The number of benzene rings is 2. The van der Waals surface area contributed by atoms with E-state index in [0.29, 0.717) is 5.56 Å². The molecule has 4 aliphatic rings. The van der Waals surface area contributed by atoms with Crippen molar-refractivity contribution in [1.29, 1.82) is 0 Å². The van der Waals surface area contributed by atoms with E-state index in [0.717, 1.165) is 0 Å². The maximum absolute atomic E-state index is 14.7. The fourth-order valence-electron chi connectivity index (χ4n) is 9.88. The molecule has 0 radical (unpaired) electrons. The summed E-state index contributed by atoms with van der Waals surface area (Å²) in [6.45, 7) is 13.3. The molecular formula is C42H53NO12. The Kier molecular flexibility index (Phi) is 10.4. The van der Waals surface area contributed by atoms with Crippen LogP contribution in [0, 0.1) is 34.0 Å². The first-order chi connectivity index (χ1) is 25.6. The first-order valence-corrected chi connectivity index (χ1v) is 18.9. The molecule has 12 unspecified atom stereocenters. The van der Waals surface area contributed by atoms with Crippen molar-refractivity contribution in [2.75, 3.05) is 6.61 Å². The maximum Gasteiger partial charge on any atom is 0.408 e. The number of aliphatic hydroxyl groups excluding tert-OH is 2. The van der Waals surface area contributed by atoms with E-state index in [2.05, 4.69) is 5.32 Å². The minimum atomic E-state index is -2.15. The van der Waals surface area contributed by atoms with Gasteiger partial charge in [-0.3, -0.25) is 9.59 Å². The summed E-state index contributed by atoms with van der Waals surface area (Å²) in [7, 11) is 0. The van der Waals surface area contributed by atoms with Crippen molar-refractivity contribution >= 4 is 29.6 Å². The van der Waals surface area contributed by atoms with Crippen molar-refractivity contribution in [3.63, 3.8) is 0 Å². The predicted octanol–water partition coefficient (Wildman–Crippen LogP) is 4.11. The highest BCUT2D eigenvalue weighted by Crippen LogP contribution is 2.66. The third-order valence-electron chi connectivity index (χ3n) is 13.0. The lowest BCUT2D eigenvalue weighted by atomic mass is 9.41. The number of esters is 2. The van der Waals surface area contributed by atoms with E-state index in [1.54, 1.807) is 102 Å². The molecule has 1 aliphatic heterocycles. The number of hydrogen-bond acceptors (Lipinski definition) is 12. The van der Waals surface area contributed by atoms with Gasteiger partial charge in [0.2, 0.25) is 11.6 Å². The number of carbonyl (C=O) groups excluding carboxylic acids is 5. The number of amides is 1. The van der Waals surface area contributed by atoms with Crippen molar-refractivity contribution in [3.8, 4) is 0 Å². The molecule has 55 heavy (non-hydrogen) atoms. The third kappa shape index (κ3) is 6.66. The Morgan fingerprint density at radius 2 is 1.55 bits per heavy atom. The van der Waals surface area contributed by atoms with Crippen LogP contribution in [0.3, 0.4) is 0 Å². The van der Waals surface area contributed by atoms with E-state index in [9.17, 15) is 39.3 Å². The van der Waals surface area contributed by atoms with Crippen LogP contribution in [-0.2, 0) is 33.3 Å². The second-order valence-corrected chi connectivity index (χ2v) is 17.8. The highest BCUT2D eigenvalue weighted by molar-refractivity contribution is 6.40. The Balaban J connectivity index is 1.43. The molecule has 13 heteroatoms. The zero-order chi connectivity index (χ0) is 40.5. The number of ether oxygens (including phenoxy) is 4. The van der Waals surface area contributed by atoms with Gasteiger partial charge in [0, 0.05) is 41.4 Å². The van der Waals surface area contributed by atoms with Gasteiger partial charge in [0.25, 0.3) is 0 Å². The third-order valence-corrected chi connectivity index (χ3v) is 13.0. The summed E-state index contributed by atoms with van der Waals surface area (Å²) >= 11 is 0. The standard InChI is InChI=1S/C42H53NO12/c1-22-25(53-36(49)31(46)29(23-15-11-9-12-16-23)43-37(50)55-38(2,3)4)20-42(51)34(54-35(48)24-17-13-10-14-18-24)32-40(7)21-52-27(40)19-26(44)41(32,8)33(47)30(45)28(22)39(42,5)6/h9-18,22,25-29,31-32,34,44,46,51H,19-21H2,1-8H3,(H,43,50). The van der Waals surface area contributed by atoms with E-state index in [-0.39, 0.29) is 25.0 Å². The molecule has 2 bridgehead atoms. The molecule has 0 aromatic heterocycles. The molecule has 4 fully saturated rings. The summed E-state index contributed by atoms with van der Waals surface area (Å²) in [5.74, 6) is -7.01. The lowest BCUT2D eigenvalue weighted by molar-refractivity contribution is -0.321. The van der Waals surface area contributed by atoms with E-state index < -0.39 is 111 Å². The van der Waals surface area contributed by atoms with E-state index >= 15 is 0 Å². The predicted molar refractivity (Wildman–Crippen MR) is 196 cm³/mol. The van der Waals surface area contributed by atoms with Crippen LogP contribution < -0.4 is 5.32 Å². The molecule has 298 valence electrons. The number of Topliss-reactive ketones (excluding diaryl/α,β-unsaturated/α-hetero) is 2. The minimum Gasteiger partial charge on any atom is -0.460 e. The Morgan fingerprint density at radius 3 is 2.11 bits per heavy atom. The molecule has 6 rings (SSSR count). The maximum atomic E-state index is 14.7. The van der Waals surface area contributed by atoms with Crippen LogP contribution in [0.25, 0.3) is 0 Å². The van der Waals surface area contributed by atoms with Gasteiger partial charge in [0.05, 0.1) is 35.8 Å². The number of ketones is 2. The molecule has 1 heterocycles. The van der Waals surface area contributed by atoms with Crippen LogP contribution in [0.4, 0.5) is 4.79 Å². The number of alkyl carbamates (subject to hydrolysis) is 1. The number of fused-ring (bicyclic) bond motifs is 5. The molecule has 12 atom stereocenters. The summed E-state index contributed by atoms with van der Waals surface area (Å²) in [5, 5.41) is 39.1. The fourth-order valence-corrected chi connectivity index (χ4v) is 9.88. The monoisotopic (exact) mass is 763 g/mol. The van der Waals surface area contributed by atoms with Gasteiger partial charge in [0.15, 0.2) is 6.10 Å². The quantitative estimate of drug-likeness (QED) is 0.179. The van der Waals surface area contributed by atoms with Gasteiger partial charge in [-0.2, -0.15) is 0 Å². The van der Waals surface area contributed by atoms with Gasteiger partial charge in [-0.15, -0.1) is 0 Å². The van der Waals surface area contributed by atoms with Crippen molar-refractivity contribution in [1.82, 2.24) is 5.32 Å². The highest BCUT2D eigenvalue weighted by Gasteiger charge is 2.76. The summed E-state index contributed by atoms with van der Waals surface area (Å²) < 4.78 is 23.7. The lowest BCUT2D eigenvalue weighted by Crippen LogP contribution is -2.79. The molecule has 2 aromatic carbocycles. The molecule has 0 spiro atoms. The number of carbonyl (C=O) groups is 5. The molecule has 13 nitrogen and oxygen atoms in total. The van der Waals surface area contributed by atoms with Gasteiger partial charge in [0.1, 0.15) is 23.4 Å². The molecular weight excluding hydrogens is 710 g/mol. The highest BCUT2D eigenvalue weighted by atomic mass is 16.6. The van der Waals surface area contributed by atoms with Crippen LogP contribution in [0.2, 0.25) is 0 Å². The van der Waals surface area contributed by atoms with E-state index in [1.165, 1.54) is 6.92 Å². The molecule has 3 aliphatic carbocycles. The lowest BCUT2D eigenvalue weighted by Gasteiger charge is -2.68. The first-order valence-electron chi connectivity index (χ1n) is 18.9. The van der Waals surface area contributed by atoms with E-state index in [1.807, 2.05) is 6.92 Å². The Labute approximate surface area is 321 Å². The number of rotatable bonds is 7. The van der Waals surface area contributed by atoms with Crippen LogP contribution in [0.1, 0.15) is 90.2 Å². The average molecular weight is 764 g/mol. The number of aliphatic hydroxyl groups is 3. The van der Waals surface area contributed by atoms with Crippen molar-refractivity contribution in [3.05, 3.63) is 71.8 Å². The van der Waals surface area contributed by atoms with Gasteiger partial charge >= 0.3 is 18.0 Å². The van der Waals surface area contributed by atoms with Crippen LogP contribution >= 0.6 is 0 Å². The average Bonchev–Trinajstić information content (AvgIpc) is 3.12. The van der Waals surface area contributed by atoms with Gasteiger partial charge in [-0.05, 0) is 45.4 Å². The van der Waals surface area contributed by atoms with Crippen molar-refractivity contribution in [2.45, 2.75) is 116 Å². The molecule has 3 saturated carbocycles. The number of hydrogen-bond donors (Lipinski definition) is 4. The first kappa shape index (κ1) is 40.5. The van der Waals surface area contributed by atoms with Gasteiger partial charge in [-0.25, -0.2) is 14.4 Å². The molecule has 2 aromatic rings. The van der Waals surface area contributed by atoms with Gasteiger partial charge < -0.3 is 39.6 Å². The number of nitrogens with one attached hydrogen (secondary N) is 1. The Bertz CT molecular complexity index is 1830.